The number of ether oxygens (including phenoxy) is 1. The van der Waals surface area contributed by atoms with Gasteiger partial charge in [-0.25, -0.2) is 0 Å². The van der Waals surface area contributed by atoms with Crippen LogP contribution in [0.1, 0.15) is 31.7 Å². The number of nitrogens with zero attached hydrogens (tertiary/aromatic N) is 1. The number of benzene rings is 1. The van der Waals surface area contributed by atoms with E-state index >= 15 is 0 Å². The maximum absolute atomic E-state index is 11.3. The molecule has 2 rings (SSSR count). The maximum atomic E-state index is 11.3. The summed E-state index contributed by atoms with van der Waals surface area (Å²) in [6, 6.07) is 8.20. The summed E-state index contributed by atoms with van der Waals surface area (Å²) in [5.41, 5.74) is 1.25. The first-order chi connectivity index (χ1) is 8.79. The predicted molar refractivity (Wildman–Crippen MR) is 71.7 cm³/mol. The van der Waals surface area contributed by atoms with Crippen molar-refractivity contribution in [2.45, 2.75) is 32.7 Å². The minimum absolute atomic E-state index is 0.362. The zero-order valence-corrected chi connectivity index (χ0v) is 11.0. The van der Waals surface area contributed by atoms with Gasteiger partial charge in [-0.1, -0.05) is 25.1 Å². The molecule has 3 heteroatoms. The van der Waals surface area contributed by atoms with Crippen molar-refractivity contribution in [1.29, 1.82) is 0 Å². The molecule has 0 saturated heterocycles. The molecule has 0 fully saturated rings. The van der Waals surface area contributed by atoms with Gasteiger partial charge in [-0.05, 0) is 19.0 Å². The molecule has 1 aliphatic rings. The van der Waals surface area contributed by atoms with Crippen molar-refractivity contribution in [1.82, 2.24) is 4.90 Å². The monoisotopic (exact) mass is 247 g/mol. The first kappa shape index (κ1) is 13.1. The van der Waals surface area contributed by atoms with E-state index in [-0.39, 0.29) is 0 Å². The number of Topliss-reactive ketones (excluding diaryl/α,β-unsaturated/α-hetero) is 1. The topological polar surface area (TPSA) is 29.5 Å². The van der Waals surface area contributed by atoms with Crippen molar-refractivity contribution in [3.05, 3.63) is 29.8 Å². The largest absolute Gasteiger partial charge is 0.492 e. The van der Waals surface area contributed by atoms with Gasteiger partial charge in [0, 0.05) is 31.5 Å². The first-order valence-corrected chi connectivity index (χ1v) is 6.74. The molecule has 0 unspecified atom stereocenters. The van der Waals surface area contributed by atoms with Crippen LogP contribution in [0.15, 0.2) is 24.3 Å². The molecule has 3 nitrogen and oxygen atoms in total. The molecule has 0 saturated carbocycles. The fraction of sp³-hybridized carbons (Fsp3) is 0.533. The molecule has 1 aliphatic heterocycles. The van der Waals surface area contributed by atoms with E-state index in [1.807, 2.05) is 25.1 Å². The standard InChI is InChI=1S/C15H21NO2/c1-2-14(17)7-5-9-16-10-11-18-15-8-4-3-6-13(15)12-16/h3-4,6,8H,2,5,7,9-12H2,1H3. The molecule has 1 aromatic rings. The second-order valence-corrected chi connectivity index (χ2v) is 4.73. The molecule has 0 bridgehead atoms. The summed E-state index contributed by atoms with van der Waals surface area (Å²) >= 11 is 0. The molecule has 1 aromatic carbocycles. The van der Waals surface area contributed by atoms with Gasteiger partial charge in [-0.2, -0.15) is 0 Å². The average Bonchev–Trinajstić information content (AvgIpc) is 2.60. The number of para-hydroxylation sites is 1. The maximum Gasteiger partial charge on any atom is 0.132 e. The van der Waals surface area contributed by atoms with Crippen LogP contribution in [0.3, 0.4) is 0 Å². The smallest absolute Gasteiger partial charge is 0.132 e. The van der Waals surface area contributed by atoms with Crippen LogP contribution in [0.5, 0.6) is 5.75 Å². The number of hydrogen-bond donors (Lipinski definition) is 0. The van der Waals surface area contributed by atoms with Crippen LogP contribution in [0, 0.1) is 0 Å². The zero-order chi connectivity index (χ0) is 12.8. The van der Waals surface area contributed by atoms with Crippen LogP contribution in [-0.2, 0) is 11.3 Å². The number of ketones is 1. The Kier molecular flexibility index (Phi) is 4.76. The summed E-state index contributed by atoms with van der Waals surface area (Å²) in [5, 5.41) is 0. The summed E-state index contributed by atoms with van der Waals surface area (Å²) in [7, 11) is 0. The van der Waals surface area contributed by atoms with E-state index in [0.29, 0.717) is 18.6 Å². The third-order valence-corrected chi connectivity index (χ3v) is 3.36. The van der Waals surface area contributed by atoms with Gasteiger partial charge in [0.2, 0.25) is 0 Å². The van der Waals surface area contributed by atoms with Crippen molar-refractivity contribution < 1.29 is 9.53 Å². The van der Waals surface area contributed by atoms with Crippen LogP contribution in [0.25, 0.3) is 0 Å². The number of hydrogen-bond acceptors (Lipinski definition) is 3. The fourth-order valence-electron chi connectivity index (χ4n) is 2.25. The number of carbonyl (C=O) groups is 1. The SMILES string of the molecule is CCC(=O)CCCN1CCOc2ccccc2C1. The van der Waals surface area contributed by atoms with Gasteiger partial charge < -0.3 is 4.74 Å². The normalized spacial score (nSPS) is 15.6. The van der Waals surface area contributed by atoms with Crippen molar-refractivity contribution in [3.8, 4) is 5.75 Å². The van der Waals surface area contributed by atoms with E-state index in [2.05, 4.69) is 11.0 Å². The lowest BCUT2D eigenvalue weighted by Gasteiger charge is -2.18. The van der Waals surface area contributed by atoms with Gasteiger partial charge in [0.05, 0.1) is 0 Å². The molecule has 0 amide bonds. The van der Waals surface area contributed by atoms with Crippen molar-refractivity contribution in [2.24, 2.45) is 0 Å². The van der Waals surface area contributed by atoms with Gasteiger partial charge in [0.15, 0.2) is 0 Å². The Hall–Kier alpha value is -1.35. The second kappa shape index (κ2) is 6.55. The molecule has 0 aliphatic carbocycles. The third-order valence-electron chi connectivity index (χ3n) is 3.36. The van der Waals surface area contributed by atoms with E-state index in [4.69, 9.17) is 4.74 Å². The molecular weight excluding hydrogens is 226 g/mol. The Morgan fingerprint density at radius 1 is 1.39 bits per heavy atom. The summed E-state index contributed by atoms with van der Waals surface area (Å²) in [6.07, 6.45) is 2.32. The summed E-state index contributed by atoms with van der Waals surface area (Å²) in [4.78, 5) is 13.6. The second-order valence-electron chi connectivity index (χ2n) is 4.73. The van der Waals surface area contributed by atoms with E-state index in [1.54, 1.807) is 0 Å². The highest BCUT2D eigenvalue weighted by atomic mass is 16.5. The van der Waals surface area contributed by atoms with E-state index in [0.717, 1.165) is 38.4 Å². The Balaban J connectivity index is 1.86. The molecule has 0 aromatic heterocycles. The van der Waals surface area contributed by atoms with Gasteiger partial charge in [-0.15, -0.1) is 0 Å². The number of rotatable bonds is 5. The molecule has 0 atom stereocenters. The zero-order valence-electron chi connectivity index (χ0n) is 11.0. The quantitative estimate of drug-likeness (QED) is 0.801. The highest BCUT2D eigenvalue weighted by Gasteiger charge is 2.14. The van der Waals surface area contributed by atoms with Gasteiger partial charge >= 0.3 is 0 Å². The highest BCUT2D eigenvalue weighted by Crippen LogP contribution is 2.22. The van der Waals surface area contributed by atoms with Crippen molar-refractivity contribution in [2.75, 3.05) is 19.7 Å². The first-order valence-electron chi connectivity index (χ1n) is 6.74. The molecule has 0 spiro atoms. The average molecular weight is 247 g/mol. The lowest BCUT2D eigenvalue weighted by Crippen LogP contribution is -2.27. The minimum atomic E-state index is 0.362. The molecular formula is C15H21NO2. The van der Waals surface area contributed by atoms with Crippen LogP contribution in [0.4, 0.5) is 0 Å². The Morgan fingerprint density at radius 2 is 2.22 bits per heavy atom. The fourth-order valence-corrected chi connectivity index (χ4v) is 2.25. The van der Waals surface area contributed by atoms with Crippen molar-refractivity contribution >= 4 is 5.78 Å². The lowest BCUT2D eigenvalue weighted by atomic mass is 10.1. The molecule has 18 heavy (non-hydrogen) atoms. The van der Waals surface area contributed by atoms with Gasteiger partial charge in [0.25, 0.3) is 0 Å². The van der Waals surface area contributed by atoms with Crippen molar-refractivity contribution in [3.63, 3.8) is 0 Å². The molecule has 98 valence electrons. The summed E-state index contributed by atoms with van der Waals surface area (Å²) < 4.78 is 5.72. The minimum Gasteiger partial charge on any atom is -0.492 e. The summed E-state index contributed by atoms with van der Waals surface area (Å²) in [6.45, 7) is 5.51. The van der Waals surface area contributed by atoms with E-state index in [1.165, 1.54) is 5.56 Å². The van der Waals surface area contributed by atoms with Crippen LogP contribution < -0.4 is 4.74 Å². The number of fused-ring (bicyclic) bond motifs is 1. The molecule has 0 radical (unpaired) electrons. The van der Waals surface area contributed by atoms with Crippen LogP contribution >= 0.6 is 0 Å². The molecule has 1 heterocycles. The Labute approximate surface area is 109 Å². The van der Waals surface area contributed by atoms with Crippen LogP contribution in [-0.4, -0.2) is 30.4 Å². The van der Waals surface area contributed by atoms with Crippen LogP contribution in [0.2, 0.25) is 0 Å². The Bertz CT molecular complexity index is 403. The Morgan fingerprint density at radius 3 is 3.06 bits per heavy atom. The van der Waals surface area contributed by atoms with E-state index in [9.17, 15) is 4.79 Å². The number of carbonyl (C=O) groups excluding carboxylic acids is 1. The molecule has 0 N–H and O–H groups in total. The highest BCUT2D eigenvalue weighted by molar-refractivity contribution is 5.77. The van der Waals surface area contributed by atoms with E-state index < -0.39 is 0 Å². The third kappa shape index (κ3) is 3.57. The predicted octanol–water partition coefficient (Wildman–Crippen LogP) is 2.64. The van der Waals surface area contributed by atoms with Gasteiger partial charge in [-0.3, -0.25) is 9.69 Å². The summed E-state index contributed by atoms with van der Waals surface area (Å²) in [5.74, 6) is 1.37. The lowest BCUT2D eigenvalue weighted by molar-refractivity contribution is -0.118. The van der Waals surface area contributed by atoms with Gasteiger partial charge in [0.1, 0.15) is 18.1 Å².